The summed E-state index contributed by atoms with van der Waals surface area (Å²) in [6.07, 6.45) is 7.72. The summed E-state index contributed by atoms with van der Waals surface area (Å²) in [7, 11) is 0. The van der Waals surface area contributed by atoms with Gasteiger partial charge in [0.25, 0.3) is 0 Å². The van der Waals surface area contributed by atoms with Gasteiger partial charge in [-0.15, -0.1) is 6.58 Å². The summed E-state index contributed by atoms with van der Waals surface area (Å²) in [5.74, 6) is 0. The van der Waals surface area contributed by atoms with Crippen LogP contribution in [0.2, 0.25) is 0 Å². The van der Waals surface area contributed by atoms with Gasteiger partial charge in [-0.2, -0.15) is 4.37 Å². The van der Waals surface area contributed by atoms with Crippen LogP contribution in [0.4, 0.5) is 9.80 Å². The smallest absolute Gasteiger partial charge is 0.311 e. The van der Waals surface area contributed by atoms with Gasteiger partial charge in [0.05, 0.1) is 19.0 Å². The molecule has 0 aromatic carbocycles. The lowest BCUT2D eigenvalue weighted by Crippen LogP contribution is -2.58. The SMILES string of the molecule is C=CCCN1CN(CC=CC)CN(c2snc(CC)c2C)C1=O. The summed E-state index contributed by atoms with van der Waals surface area (Å²) >= 11 is 1.43. The second kappa shape index (κ2) is 8.26. The van der Waals surface area contributed by atoms with Crippen molar-refractivity contribution in [3.63, 3.8) is 0 Å². The van der Waals surface area contributed by atoms with Crippen LogP contribution in [0.1, 0.15) is 31.5 Å². The maximum Gasteiger partial charge on any atom is 0.327 e. The fraction of sp³-hybridized carbons (Fsp3) is 0.529. The molecule has 2 heterocycles. The van der Waals surface area contributed by atoms with Crippen molar-refractivity contribution in [3.8, 4) is 0 Å². The molecule has 5 nitrogen and oxygen atoms in total. The van der Waals surface area contributed by atoms with Crippen LogP contribution in [0.25, 0.3) is 0 Å². The van der Waals surface area contributed by atoms with E-state index in [1.807, 2.05) is 28.9 Å². The number of aryl methyl sites for hydroxylation is 1. The van der Waals surface area contributed by atoms with Crippen molar-refractivity contribution in [2.24, 2.45) is 0 Å². The molecule has 0 spiro atoms. The quantitative estimate of drug-likeness (QED) is 0.715. The lowest BCUT2D eigenvalue weighted by atomic mass is 10.2. The second-order valence-electron chi connectivity index (χ2n) is 5.67. The van der Waals surface area contributed by atoms with Gasteiger partial charge in [-0.3, -0.25) is 9.80 Å². The normalized spacial score (nSPS) is 16.6. The van der Waals surface area contributed by atoms with Gasteiger partial charge in [0.2, 0.25) is 0 Å². The monoisotopic (exact) mass is 334 g/mol. The molecule has 1 aromatic rings. The standard InChI is InChI=1S/C17H26N4OS/c1-5-8-10-19-12-20(11-9-6-2)17(22)21(13-19)16-14(4)15(7-3)18-23-16/h5-6,8H,2,7,9-13H2,1,3-4H3. The number of allylic oxidation sites excluding steroid dienone is 1. The van der Waals surface area contributed by atoms with Crippen molar-refractivity contribution in [1.29, 1.82) is 0 Å². The van der Waals surface area contributed by atoms with Crippen molar-refractivity contribution < 1.29 is 4.79 Å². The summed E-state index contributed by atoms with van der Waals surface area (Å²) < 4.78 is 4.50. The topological polar surface area (TPSA) is 39.7 Å². The van der Waals surface area contributed by atoms with Gasteiger partial charge in [0.15, 0.2) is 0 Å². The van der Waals surface area contributed by atoms with Gasteiger partial charge in [-0.1, -0.05) is 25.2 Å². The third kappa shape index (κ3) is 4.00. The molecule has 2 rings (SSSR count). The number of rotatable bonds is 7. The van der Waals surface area contributed by atoms with Gasteiger partial charge in [0.1, 0.15) is 5.00 Å². The minimum absolute atomic E-state index is 0.0676. The molecule has 1 aliphatic rings. The van der Waals surface area contributed by atoms with Crippen LogP contribution in [-0.4, -0.2) is 46.6 Å². The minimum atomic E-state index is 0.0676. The highest BCUT2D eigenvalue weighted by Gasteiger charge is 2.32. The van der Waals surface area contributed by atoms with Crippen LogP contribution in [0.15, 0.2) is 24.8 Å². The third-order valence-electron chi connectivity index (χ3n) is 3.99. The van der Waals surface area contributed by atoms with E-state index in [0.29, 0.717) is 19.9 Å². The Morgan fingerprint density at radius 1 is 1.39 bits per heavy atom. The molecule has 0 bridgehead atoms. The van der Waals surface area contributed by atoms with Crippen molar-refractivity contribution in [2.45, 2.75) is 33.6 Å². The largest absolute Gasteiger partial charge is 0.327 e. The van der Waals surface area contributed by atoms with E-state index in [4.69, 9.17) is 0 Å². The second-order valence-corrected chi connectivity index (χ2v) is 6.42. The molecule has 6 heteroatoms. The van der Waals surface area contributed by atoms with Crippen molar-refractivity contribution in [2.75, 3.05) is 31.3 Å². The number of aromatic nitrogens is 1. The lowest BCUT2D eigenvalue weighted by molar-refractivity contribution is 0.124. The Balaban J connectivity index is 2.25. The van der Waals surface area contributed by atoms with E-state index in [2.05, 4.69) is 35.8 Å². The lowest BCUT2D eigenvalue weighted by Gasteiger charge is -2.41. The fourth-order valence-corrected chi connectivity index (χ4v) is 3.60. The van der Waals surface area contributed by atoms with E-state index in [1.54, 1.807) is 0 Å². The van der Waals surface area contributed by atoms with Crippen LogP contribution in [0, 0.1) is 6.92 Å². The highest BCUT2D eigenvalue weighted by molar-refractivity contribution is 7.10. The Bertz CT molecular complexity index is 581. The number of carbonyl (C=O) groups is 1. The van der Waals surface area contributed by atoms with Gasteiger partial charge < -0.3 is 4.90 Å². The Kier molecular flexibility index (Phi) is 6.36. The first-order valence-electron chi connectivity index (χ1n) is 8.08. The van der Waals surface area contributed by atoms with Crippen LogP contribution in [0.3, 0.4) is 0 Å². The summed E-state index contributed by atoms with van der Waals surface area (Å²) in [6, 6.07) is 0.0676. The summed E-state index contributed by atoms with van der Waals surface area (Å²) in [5, 5.41) is 0.973. The molecule has 1 fully saturated rings. The highest BCUT2D eigenvalue weighted by Crippen LogP contribution is 2.31. The molecule has 0 N–H and O–H groups in total. The average Bonchev–Trinajstić information content (AvgIpc) is 2.93. The zero-order chi connectivity index (χ0) is 16.8. The summed E-state index contributed by atoms with van der Waals surface area (Å²) in [5.41, 5.74) is 2.21. The Morgan fingerprint density at radius 3 is 2.78 bits per heavy atom. The molecule has 0 radical (unpaired) electrons. The summed E-state index contributed by atoms with van der Waals surface area (Å²) in [6.45, 7) is 12.7. The number of hydrogen-bond donors (Lipinski definition) is 0. The molecule has 2 amide bonds. The van der Waals surface area contributed by atoms with Crippen molar-refractivity contribution in [1.82, 2.24) is 14.2 Å². The number of hydrogen-bond acceptors (Lipinski definition) is 4. The maximum atomic E-state index is 12.9. The molecule has 0 saturated carbocycles. The number of urea groups is 1. The van der Waals surface area contributed by atoms with Crippen LogP contribution in [0.5, 0.6) is 0 Å². The zero-order valence-electron chi connectivity index (χ0n) is 14.3. The fourth-order valence-electron chi connectivity index (χ4n) is 2.65. The first-order valence-corrected chi connectivity index (χ1v) is 8.85. The molecule has 1 saturated heterocycles. The molecular weight excluding hydrogens is 308 g/mol. The molecular formula is C17H26N4OS. The molecule has 126 valence electrons. The van der Waals surface area contributed by atoms with Crippen LogP contribution < -0.4 is 4.90 Å². The van der Waals surface area contributed by atoms with Gasteiger partial charge in [-0.05, 0) is 38.2 Å². The van der Waals surface area contributed by atoms with E-state index < -0.39 is 0 Å². The summed E-state index contributed by atoms with van der Waals surface area (Å²) in [4.78, 5) is 18.9. The van der Waals surface area contributed by atoms with E-state index in [-0.39, 0.29) is 6.03 Å². The highest BCUT2D eigenvalue weighted by atomic mass is 32.1. The average molecular weight is 334 g/mol. The molecule has 0 aliphatic carbocycles. The first-order chi connectivity index (χ1) is 11.1. The van der Waals surface area contributed by atoms with Crippen LogP contribution in [-0.2, 0) is 6.42 Å². The zero-order valence-corrected chi connectivity index (χ0v) is 15.1. The van der Waals surface area contributed by atoms with E-state index in [9.17, 15) is 4.79 Å². The number of anilines is 1. The molecule has 1 aromatic heterocycles. The van der Waals surface area contributed by atoms with E-state index in [0.717, 1.165) is 35.6 Å². The molecule has 0 unspecified atom stereocenters. The maximum absolute atomic E-state index is 12.9. The van der Waals surface area contributed by atoms with Gasteiger partial charge in [-0.25, -0.2) is 4.79 Å². The van der Waals surface area contributed by atoms with Gasteiger partial charge >= 0.3 is 6.03 Å². The number of amides is 2. The number of nitrogens with zero attached hydrogens (tertiary/aromatic N) is 4. The third-order valence-corrected chi connectivity index (χ3v) is 5.00. The first kappa shape index (κ1) is 17.7. The van der Waals surface area contributed by atoms with E-state index >= 15 is 0 Å². The number of carbonyl (C=O) groups excluding carboxylic acids is 1. The predicted molar refractivity (Wildman–Crippen MR) is 96.9 cm³/mol. The molecule has 0 atom stereocenters. The Morgan fingerprint density at radius 2 is 2.17 bits per heavy atom. The molecule has 23 heavy (non-hydrogen) atoms. The van der Waals surface area contributed by atoms with Crippen molar-refractivity contribution >= 4 is 22.6 Å². The van der Waals surface area contributed by atoms with E-state index in [1.165, 1.54) is 11.5 Å². The van der Waals surface area contributed by atoms with Crippen LogP contribution >= 0.6 is 11.5 Å². The minimum Gasteiger partial charge on any atom is -0.311 e. The van der Waals surface area contributed by atoms with Crippen molar-refractivity contribution in [3.05, 3.63) is 36.1 Å². The Labute approximate surface area is 143 Å². The predicted octanol–water partition coefficient (Wildman–Crippen LogP) is 3.63. The van der Waals surface area contributed by atoms with Gasteiger partial charge in [0, 0.05) is 18.7 Å². The molecule has 1 aliphatic heterocycles. The Hall–Kier alpha value is -1.66.